The van der Waals surface area contributed by atoms with Crippen LogP contribution in [0.2, 0.25) is 0 Å². The highest BCUT2D eigenvalue weighted by Gasteiger charge is 2.29. The molecule has 1 aliphatic rings. The molecule has 0 bridgehead atoms. The van der Waals surface area contributed by atoms with Gasteiger partial charge >= 0.3 is 0 Å². The molecule has 0 atom stereocenters. The van der Waals surface area contributed by atoms with E-state index in [9.17, 15) is 4.79 Å². The van der Waals surface area contributed by atoms with Crippen molar-refractivity contribution in [2.45, 2.75) is 32.6 Å². The molecule has 5 rings (SSSR count). The van der Waals surface area contributed by atoms with Crippen molar-refractivity contribution in [2.75, 3.05) is 13.1 Å². The Labute approximate surface area is 197 Å². The fourth-order valence-electron chi connectivity index (χ4n) is 4.41. The molecule has 4 heterocycles. The maximum absolute atomic E-state index is 13.1. The SMILES string of the molecule is Cc1nc(C)c(C(=O)N2CCC(c3nc(-c4cccnc4)ncc3-c3ccccc3)CC2)s1. The topological polar surface area (TPSA) is 71.9 Å². The molecule has 166 valence electrons. The number of amides is 1. The largest absolute Gasteiger partial charge is 0.338 e. The van der Waals surface area contributed by atoms with Crippen LogP contribution in [0.15, 0.2) is 61.1 Å². The Morgan fingerprint density at radius 1 is 0.970 bits per heavy atom. The second-order valence-corrected chi connectivity index (χ2v) is 9.52. The molecule has 7 heteroatoms. The summed E-state index contributed by atoms with van der Waals surface area (Å²) >= 11 is 1.48. The van der Waals surface area contributed by atoms with E-state index in [1.807, 2.05) is 55.3 Å². The van der Waals surface area contributed by atoms with Crippen LogP contribution in [0.1, 0.15) is 44.8 Å². The first-order chi connectivity index (χ1) is 16.1. The first-order valence-corrected chi connectivity index (χ1v) is 12.0. The summed E-state index contributed by atoms with van der Waals surface area (Å²) in [7, 11) is 0. The number of nitrogens with zero attached hydrogens (tertiary/aromatic N) is 5. The summed E-state index contributed by atoms with van der Waals surface area (Å²) in [6.07, 6.45) is 7.21. The van der Waals surface area contributed by atoms with Gasteiger partial charge in [0.2, 0.25) is 0 Å². The minimum absolute atomic E-state index is 0.0959. The number of carbonyl (C=O) groups excluding carboxylic acids is 1. The van der Waals surface area contributed by atoms with Crippen molar-refractivity contribution >= 4 is 17.2 Å². The Morgan fingerprint density at radius 2 is 1.73 bits per heavy atom. The third-order valence-corrected chi connectivity index (χ3v) is 7.15. The van der Waals surface area contributed by atoms with E-state index in [4.69, 9.17) is 4.98 Å². The molecule has 1 aromatic carbocycles. The van der Waals surface area contributed by atoms with Crippen molar-refractivity contribution in [1.29, 1.82) is 0 Å². The molecule has 0 saturated carbocycles. The van der Waals surface area contributed by atoms with E-state index in [-0.39, 0.29) is 11.8 Å². The van der Waals surface area contributed by atoms with Crippen LogP contribution >= 0.6 is 11.3 Å². The molecular weight excluding hydrogens is 430 g/mol. The van der Waals surface area contributed by atoms with Gasteiger partial charge in [-0.15, -0.1) is 11.3 Å². The lowest BCUT2D eigenvalue weighted by molar-refractivity contribution is 0.0716. The minimum atomic E-state index is 0.0959. The standard InChI is InChI=1S/C26H25N5OS/c1-17-24(33-18(2)29-17)26(32)31-13-10-20(11-14-31)23-22(19-7-4-3-5-8-19)16-28-25(30-23)21-9-6-12-27-15-21/h3-9,12,15-16,20H,10-11,13-14H2,1-2H3. The maximum atomic E-state index is 13.1. The molecule has 4 aromatic rings. The molecule has 1 amide bonds. The molecule has 1 saturated heterocycles. The zero-order valence-electron chi connectivity index (χ0n) is 18.7. The van der Waals surface area contributed by atoms with Crippen molar-refractivity contribution in [3.05, 3.63) is 82.3 Å². The van der Waals surface area contributed by atoms with E-state index in [0.29, 0.717) is 18.9 Å². The van der Waals surface area contributed by atoms with Gasteiger partial charge in [-0.2, -0.15) is 0 Å². The summed E-state index contributed by atoms with van der Waals surface area (Å²) in [6, 6.07) is 14.2. The predicted molar refractivity (Wildman–Crippen MR) is 130 cm³/mol. The van der Waals surface area contributed by atoms with Crippen LogP contribution in [0.4, 0.5) is 0 Å². The molecule has 0 N–H and O–H groups in total. The summed E-state index contributed by atoms with van der Waals surface area (Å²) in [5.41, 5.74) is 4.95. The van der Waals surface area contributed by atoms with Gasteiger partial charge in [0, 0.05) is 48.7 Å². The monoisotopic (exact) mass is 455 g/mol. The summed E-state index contributed by atoms with van der Waals surface area (Å²) in [5, 5.41) is 0.933. The van der Waals surface area contributed by atoms with E-state index < -0.39 is 0 Å². The molecule has 33 heavy (non-hydrogen) atoms. The van der Waals surface area contributed by atoms with E-state index in [1.165, 1.54) is 11.3 Å². The number of carbonyl (C=O) groups is 1. The highest BCUT2D eigenvalue weighted by molar-refractivity contribution is 7.13. The molecule has 0 unspecified atom stereocenters. The van der Waals surface area contributed by atoms with Crippen LogP contribution in [0.3, 0.4) is 0 Å². The third kappa shape index (κ3) is 4.41. The fourth-order valence-corrected chi connectivity index (χ4v) is 5.30. The van der Waals surface area contributed by atoms with Crippen LogP contribution in [0, 0.1) is 13.8 Å². The van der Waals surface area contributed by atoms with Crippen LogP contribution in [-0.4, -0.2) is 43.8 Å². The molecule has 3 aromatic heterocycles. The number of piperidine rings is 1. The summed E-state index contributed by atoms with van der Waals surface area (Å²) in [4.78, 5) is 34.1. The number of benzene rings is 1. The quantitative estimate of drug-likeness (QED) is 0.418. The van der Waals surface area contributed by atoms with Gasteiger partial charge in [0.15, 0.2) is 5.82 Å². The van der Waals surface area contributed by atoms with Gasteiger partial charge in [-0.3, -0.25) is 9.78 Å². The second kappa shape index (κ2) is 9.19. The number of pyridine rings is 1. The minimum Gasteiger partial charge on any atom is -0.338 e. The maximum Gasteiger partial charge on any atom is 0.265 e. The van der Waals surface area contributed by atoms with Crippen LogP contribution < -0.4 is 0 Å². The number of thiazole rings is 1. The second-order valence-electron chi connectivity index (χ2n) is 8.31. The lowest BCUT2D eigenvalue weighted by Gasteiger charge is -2.32. The number of likely N-dealkylation sites (tertiary alicyclic amines) is 1. The van der Waals surface area contributed by atoms with Crippen molar-refractivity contribution < 1.29 is 4.79 Å². The van der Waals surface area contributed by atoms with E-state index in [0.717, 1.165) is 50.8 Å². The van der Waals surface area contributed by atoms with Crippen molar-refractivity contribution in [1.82, 2.24) is 24.8 Å². The van der Waals surface area contributed by atoms with Gasteiger partial charge in [0.1, 0.15) is 4.88 Å². The number of hydrogen-bond donors (Lipinski definition) is 0. The summed E-state index contributed by atoms with van der Waals surface area (Å²) in [6.45, 7) is 5.28. The predicted octanol–water partition coefficient (Wildman–Crippen LogP) is 5.30. The lowest BCUT2D eigenvalue weighted by Crippen LogP contribution is -2.38. The van der Waals surface area contributed by atoms with Gasteiger partial charge in [0.25, 0.3) is 5.91 Å². The van der Waals surface area contributed by atoms with Gasteiger partial charge < -0.3 is 4.90 Å². The van der Waals surface area contributed by atoms with Crippen molar-refractivity contribution in [2.24, 2.45) is 0 Å². The van der Waals surface area contributed by atoms with Crippen molar-refractivity contribution in [3.63, 3.8) is 0 Å². The molecule has 6 nitrogen and oxygen atoms in total. The first-order valence-electron chi connectivity index (χ1n) is 11.2. The van der Waals surface area contributed by atoms with E-state index in [2.05, 4.69) is 27.1 Å². The Hall–Kier alpha value is -3.45. The van der Waals surface area contributed by atoms with Crippen molar-refractivity contribution in [3.8, 4) is 22.5 Å². The zero-order valence-corrected chi connectivity index (χ0v) is 19.5. The highest BCUT2D eigenvalue weighted by Crippen LogP contribution is 2.35. The van der Waals surface area contributed by atoms with Crippen LogP contribution in [0.25, 0.3) is 22.5 Å². The number of aromatic nitrogens is 4. The fraction of sp³-hybridized carbons (Fsp3) is 0.269. The van der Waals surface area contributed by atoms with Gasteiger partial charge in [-0.1, -0.05) is 30.3 Å². The van der Waals surface area contributed by atoms with E-state index in [1.54, 1.807) is 12.4 Å². The lowest BCUT2D eigenvalue weighted by atomic mass is 9.88. The van der Waals surface area contributed by atoms with Gasteiger partial charge in [-0.25, -0.2) is 15.0 Å². The molecule has 1 aliphatic heterocycles. The molecule has 1 fully saturated rings. The van der Waals surface area contributed by atoms with Crippen LogP contribution in [-0.2, 0) is 0 Å². The molecular formula is C26H25N5OS. The third-order valence-electron chi connectivity index (χ3n) is 6.09. The Kier molecular flexibility index (Phi) is 5.96. The van der Waals surface area contributed by atoms with Crippen LogP contribution in [0.5, 0.6) is 0 Å². The summed E-state index contributed by atoms with van der Waals surface area (Å²) in [5.74, 6) is 1.04. The molecule has 0 aliphatic carbocycles. The Balaban J connectivity index is 1.43. The number of rotatable bonds is 4. The number of hydrogen-bond acceptors (Lipinski definition) is 6. The normalized spacial score (nSPS) is 14.4. The van der Waals surface area contributed by atoms with E-state index >= 15 is 0 Å². The molecule has 0 radical (unpaired) electrons. The smallest absolute Gasteiger partial charge is 0.265 e. The zero-order chi connectivity index (χ0) is 22.8. The van der Waals surface area contributed by atoms with Gasteiger partial charge in [-0.05, 0) is 44.4 Å². The average molecular weight is 456 g/mol. The Morgan fingerprint density at radius 3 is 2.39 bits per heavy atom. The average Bonchev–Trinajstić information content (AvgIpc) is 3.22. The first kappa shape index (κ1) is 21.4. The number of aryl methyl sites for hydroxylation is 2. The summed E-state index contributed by atoms with van der Waals surface area (Å²) < 4.78 is 0. The Bertz CT molecular complexity index is 1260. The molecule has 0 spiro atoms. The van der Waals surface area contributed by atoms with Gasteiger partial charge in [0.05, 0.1) is 16.4 Å². The highest BCUT2D eigenvalue weighted by atomic mass is 32.1.